The maximum absolute atomic E-state index is 12.0. The smallest absolute Gasteiger partial charge is 0.412 e. The Morgan fingerprint density at radius 1 is 0.648 bits per heavy atom. The number of ether oxygens (including phenoxy) is 2. The van der Waals surface area contributed by atoms with E-state index < -0.39 is 108 Å². The van der Waals surface area contributed by atoms with Gasteiger partial charge in [-0.15, -0.1) is 0 Å². The minimum atomic E-state index is -4.37. The number of aromatic nitrogens is 4. The molecule has 1 aliphatic carbocycles. The fourth-order valence-corrected chi connectivity index (χ4v) is 11.5. The first-order valence-corrected chi connectivity index (χ1v) is 30.3. The van der Waals surface area contributed by atoms with Crippen LogP contribution in [0, 0.1) is 0 Å². The third kappa shape index (κ3) is 18.6. The summed E-state index contributed by atoms with van der Waals surface area (Å²) in [5.74, 6) is 0.422. The molecular formula is C54H70Fm2N8O21P3+. The van der Waals surface area contributed by atoms with Crippen molar-refractivity contribution in [3.05, 3.63) is 166 Å². The number of carbonyl (C=O) groups is 2. The average Bonchev–Trinajstić information content (AvgIpc) is 4.10. The van der Waals surface area contributed by atoms with Crippen LogP contribution < -0.4 is 42.1 Å². The Morgan fingerprint density at radius 2 is 0.977 bits per heavy atom. The van der Waals surface area contributed by atoms with Gasteiger partial charge in [0.15, 0.2) is 24.0 Å². The Kier molecular flexibility index (Phi) is 26.0. The number of rotatable bonds is 19. The zero-order valence-corrected chi connectivity index (χ0v) is 55.3. The van der Waals surface area contributed by atoms with E-state index in [0.717, 1.165) is 9.13 Å². The van der Waals surface area contributed by atoms with Crippen molar-refractivity contribution in [1.82, 2.24) is 29.3 Å². The van der Waals surface area contributed by atoms with Crippen LogP contribution in [-0.4, -0.2) is 139 Å². The Morgan fingerprint density at radius 3 is 1.30 bits per heavy atom. The molecule has 0 radical (unpaired) electrons. The molecule has 12 atom stereocenters. The van der Waals surface area contributed by atoms with Gasteiger partial charge in [-0.05, 0) is 100 Å². The molecular weight excluding hydrogens is 1700 g/mol. The fraction of sp³-hybridized carbons (Fsp3) is 0.370. The molecule has 490 valence electrons. The second-order valence-corrected chi connectivity index (χ2v) is 23.9. The zero-order valence-electron chi connectivity index (χ0n) is 47.8. The SMILES string of the molecule is CC(=O)[C@H](C)NP(=O)(O)OC[C@H]1O[C@@H](n2ccc(N)nc2=O)[C@](C)(O)[C@@H]1O.CC(=O)[C@H](C)NP(=O)(O)OC[C@H]1O[C@@H](n2ccc(N)nc2=O)[C@](C)(O)[C@@H]1O.O.O=[P+](Oc1ccccc1)Oc1ccccc1.OCC1c2ccccc2-c2ccccc21.[Fm].[Fm]. The van der Waals surface area contributed by atoms with Crippen molar-refractivity contribution >= 4 is 47.0 Å². The van der Waals surface area contributed by atoms with Crippen LogP contribution in [0.5, 0.6) is 11.5 Å². The van der Waals surface area contributed by atoms with Gasteiger partial charge in [0.05, 0.1) is 31.9 Å². The van der Waals surface area contributed by atoms with Crippen LogP contribution in [0.4, 0.5) is 11.6 Å². The summed E-state index contributed by atoms with van der Waals surface area (Å²) in [4.78, 5) is 72.9. The summed E-state index contributed by atoms with van der Waals surface area (Å²) in [5.41, 5.74) is 10.4. The minimum Gasteiger partial charge on any atom is -0.412 e. The van der Waals surface area contributed by atoms with Crippen molar-refractivity contribution in [1.29, 1.82) is 0 Å². The van der Waals surface area contributed by atoms with Crippen molar-refractivity contribution in [3.63, 3.8) is 0 Å². The molecule has 29 nitrogen and oxygen atoms in total. The van der Waals surface area contributed by atoms with E-state index in [4.69, 9.17) is 39.0 Å². The molecule has 2 fully saturated rings. The molecule has 6 aromatic rings. The van der Waals surface area contributed by atoms with Gasteiger partial charge in [0, 0.05) is 22.9 Å². The molecule has 0 saturated carbocycles. The van der Waals surface area contributed by atoms with E-state index in [1.807, 2.05) is 24.3 Å². The minimum absolute atomic E-state index is 0. The summed E-state index contributed by atoms with van der Waals surface area (Å²) in [5, 5.41) is 55.4. The quantitative estimate of drug-likeness (QED) is 0.0519. The van der Waals surface area contributed by atoms with E-state index >= 15 is 0 Å². The van der Waals surface area contributed by atoms with E-state index in [-0.39, 0.29) is 41.2 Å². The predicted molar refractivity (Wildman–Crippen MR) is 311 cm³/mol. The number of nitrogens with two attached hydrogens (primary N) is 2. The number of hydrogen-bond donors (Lipinski definition) is 11. The number of hydrogen-bond acceptors (Lipinski definition) is 22. The summed E-state index contributed by atoms with van der Waals surface area (Å²) in [6.45, 7) is 6.73. The van der Waals surface area contributed by atoms with Crippen molar-refractivity contribution in [2.45, 2.75) is 108 Å². The summed E-state index contributed by atoms with van der Waals surface area (Å²) < 4.78 is 68.2. The number of aliphatic hydroxyl groups is 5. The van der Waals surface area contributed by atoms with E-state index in [9.17, 15) is 68.2 Å². The number of Topliss-reactive ketones (excluding diaryl/α,β-unsaturated/α-hetero) is 2. The van der Waals surface area contributed by atoms with Crippen molar-refractivity contribution in [2.24, 2.45) is 0 Å². The molecule has 2 unspecified atom stereocenters. The Balaban J connectivity index is 0.000000312. The van der Waals surface area contributed by atoms with Gasteiger partial charge in [0.2, 0.25) is 0 Å². The van der Waals surface area contributed by atoms with Gasteiger partial charge < -0.3 is 61.7 Å². The number of fused-ring (bicyclic) bond motifs is 3. The molecule has 3 aliphatic rings. The van der Waals surface area contributed by atoms with Gasteiger partial charge in [-0.25, -0.2) is 37.9 Å². The van der Waals surface area contributed by atoms with Crippen molar-refractivity contribution in [3.8, 4) is 22.6 Å². The molecule has 88 heavy (non-hydrogen) atoms. The Hall–Kier alpha value is -8.82. The predicted octanol–water partition coefficient (Wildman–Crippen LogP) is 2.81. The molecule has 0 bridgehead atoms. The van der Waals surface area contributed by atoms with E-state index in [1.54, 1.807) is 48.5 Å². The number of aliphatic hydroxyl groups excluding tert-OH is 3. The van der Waals surface area contributed by atoms with Gasteiger partial charge in [0.25, 0.3) is 0 Å². The Bertz CT molecular complexity index is 3280. The molecule has 2 aliphatic heterocycles. The largest absolute Gasteiger partial charge is 0.805 e. The van der Waals surface area contributed by atoms with Crippen LogP contribution in [-0.2, 0) is 41.8 Å². The summed E-state index contributed by atoms with van der Waals surface area (Å²) in [7, 11) is -10.9. The van der Waals surface area contributed by atoms with Crippen LogP contribution in [0.15, 0.2) is 143 Å². The van der Waals surface area contributed by atoms with Crippen LogP contribution in [0.2, 0.25) is 0 Å². The molecule has 4 aromatic carbocycles. The topological polar surface area (TPSA) is 460 Å². The number of nitrogens with zero attached hydrogens (tertiary/aromatic N) is 4. The standard InChI is InChI=1S/2C14H23N4O8P.C14H12O.C12H10O3P.2Fm.H2O/c2*1-7(8(2)19)17-27(23,24)25-6-9-11(20)14(3,22)12(26-9)18-5-4-10(15)16-13(18)21;15-9-14-12-7-3-1-5-10(12)11-6-2-4-8-13(11)14;13-16(14-11-7-3-1-4-8-11)15-12-9-5-2-6-10-12;;;/h2*4-5,7,9,11-12,20,22H,6H2,1-3H3,(H2,15,16,21)(H2,17,23,24);1-8,14-15H,9H2;1-10H;;;1H2/q;;;+1;;;/t2*7-,9+,11+,12+,14+;;;;;/m00...../s1. The van der Waals surface area contributed by atoms with Crippen LogP contribution >= 0.6 is 23.7 Å². The number of carbonyl (C=O) groups excluding carboxylic acids is 2. The van der Waals surface area contributed by atoms with E-state index in [0.29, 0.717) is 11.5 Å². The average molecular weight is 1770 g/mol. The second kappa shape index (κ2) is 31.2. The van der Waals surface area contributed by atoms with Gasteiger partial charge in [0.1, 0.15) is 58.8 Å². The van der Waals surface area contributed by atoms with Gasteiger partial charge in [-0.3, -0.25) is 27.8 Å². The monoisotopic (exact) mass is 1770 g/mol. The molecule has 2 saturated heterocycles. The Labute approximate surface area is 493 Å². The van der Waals surface area contributed by atoms with E-state index in [2.05, 4.69) is 56.5 Å². The van der Waals surface area contributed by atoms with E-state index in [1.165, 1.54) is 88.3 Å². The third-order valence-corrected chi connectivity index (χ3v) is 16.6. The maximum Gasteiger partial charge on any atom is 0.805 e. The van der Waals surface area contributed by atoms with Gasteiger partial charge in [-0.2, -0.15) is 9.97 Å². The molecule has 34 heteroatoms. The molecule has 2 aromatic heterocycles. The van der Waals surface area contributed by atoms with Crippen LogP contribution in [0.3, 0.4) is 0 Å². The normalized spacial score (nSPS) is 23.3. The number of nitrogen functional groups attached to an aromatic ring is 2. The van der Waals surface area contributed by atoms with Crippen LogP contribution in [0.25, 0.3) is 11.1 Å². The first-order valence-electron chi connectivity index (χ1n) is 26.0. The molecule has 4 heterocycles. The number of anilines is 2. The van der Waals surface area contributed by atoms with Crippen LogP contribution in [0.1, 0.15) is 71.0 Å². The summed E-state index contributed by atoms with van der Waals surface area (Å²) in [6.07, 6.45) is -5.73. The molecule has 9 rings (SSSR count). The van der Waals surface area contributed by atoms with Gasteiger partial charge in [-0.1, -0.05) is 84.9 Å². The first kappa shape index (κ1) is 73.4. The number of para-hydroxylation sites is 2. The first-order chi connectivity index (χ1) is 40.0. The molecule has 15 N–H and O–H groups in total. The van der Waals surface area contributed by atoms with Crippen molar-refractivity contribution in [2.75, 3.05) is 31.3 Å². The van der Waals surface area contributed by atoms with Crippen molar-refractivity contribution < 1.29 is 91.6 Å². The summed E-state index contributed by atoms with van der Waals surface area (Å²) >= 11 is 0. The summed E-state index contributed by atoms with van der Waals surface area (Å²) in [6, 6.07) is 35.3. The number of nitrogens with one attached hydrogen (secondary N) is 2. The van der Waals surface area contributed by atoms with Gasteiger partial charge >= 0.3 is 35.1 Å². The number of ketones is 2. The maximum atomic E-state index is 12.0. The second-order valence-electron chi connectivity index (χ2n) is 20.0. The molecule has 0 amide bonds. The number of benzene rings is 4. The zero-order chi connectivity index (χ0) is 62.6. The third-order valence-electron chi connectivity index (χ3n) is 13.5. The fourth-order valence-electron chi connectivity index (χ4n) is 8.67. The molecule has 0 spiro atoms.